The molecule has 0 aromatic carbocycles. The van der Waals surface area contributed by atoms with E-state index in [2.05, 4.69) is 13.8 Å². The van der Waals surface area contributed by atoms with E-state index in [0.29, 0.717) is 12.8 Å². The van der Waals surface area contributed by atoms with Crippen LogP contribution in [0.15, 0.2) is 34.9 Å². The number of ether oxygens (including phenoxy) is 2. The van der Waals surface area contributed by atoms with Crippen molar-refractivity contribution in [1.82, 2.24) is 0 Å². The Kier molecular flexibility index (Phi) is 7.16. The van der Waals surface area contributed by atoms with Crippen LogP contribution in [0.25, 0.3) is 0 Å². The molecule has 0 amide bonds. The van der Waals surface area contributed by atoms with Crippen molar-refractivity contribution in [1.29, 1.82) is 0 Å². The van der Waals surface area contributed by atoms with Gasteiger partial charge in [-0.3, -0.25) is 19.2 Å². The molecule has 0 bridgehead atoms. The summed E-state index contributed by atoms with van der Waals surface area (Å²) in [6, 6.07) is 0. The number of esters is 2. The lowest BCUT2D eigenvalue weighted by atomic mass is 9.53. The van der Waals surface area contributed by atoms with Crippen LogP contribution in [0, 0.1) is 22.7 Å². The molecule has 8 heteroatoms. The van der Waals surface area contributed by atoms with Crippen molar-refractivity contribution in [3.63, 3.8) is 0 Å². The quantitative estimate of drug-likeness (QED) is 0.395. The first kappa shape index (κ1) is 25.5. The summed E-state index contributed by atoms with van der Waals surface area (Å²) < 4.78 is 11.0. The fourth-order valence-corrected chi connectivity index (χ4v) is 6.91. The summed E-state index contributed by atoms with van der Waals surface area (Å²) in [6.07, 6.45) is 7.69. The number of carbonyl (C=O) groups excluding carboxylic acids is 4. The third-order valence-electron chi connectivity index (χ3n) is 8.51. The van der Waals surface area contributed by atoms with E-state index >= 15 is 0 Å². The van der Waals surface area contributed by atoms with Crippen molar-refractivity contribution in [2.24, 2.45) is 22.7 Å². The SMILES string of the molecule is C[C@]12C=CC(=O)C=C1CCC1=C2C(OC(=O)CCO)C[C@]2(C)[C@@H](C(=O)COC(=O)CCO)CC[C@@H]12. The second-order valence-electron chi connectivity index (χ2n) is 10.5. The standard InChI is InChI=1S/C27H34O8/c1-26-10-7-17(30)13-16(26)3-4-18-19-5-6-20(21(31)15-34-23(32)8-11-28)27(19,2)14-22(25(18)26)35-24(33)9-12-29/h7,10,13,19-20,22,28-29H,3-6,8-9,11-12,14-15H2,1-2H3/t19-,20+,22?,26-,27-/m0/s1. The molecule has 35 heavy (non-hydrogen) atoms. The molecule has 190 valence electrons. The highest BCUT2D eigenvalue weighted by Gasteiger charge is 2.58. The number of Topliss-reactive ketones (excluding diaryl/α,β-unsaturated/α-hetero) is 1. The molecule has 1 unspecified atom stereocenters. The van der Waals surface area contributed by atoms with E-state index < -0.39 is 28.9 Å². The zero-order chi connectivity index (χ0) is 25.4. The van der Waals surface area contributed by atoms with Crippen LogP contribution in [-0.4, -0.2) is 59.6 Å². The molecule has 5 atom stereocenters. The summed E-state index contributed by atoms with van der Waals surface area (Å²) in [5.74, 6) is -1.54. The Morgan fingerprint density at radius 2 is 1.77 bits per heavy atom. The van der Waals surface area contributed by atoms with Gasteiger partial charge in [0.2, 0.25) is 0 Å². The molecule has 0 aromatic heterocycles. The molecule has 1 fully saturated rings. The maximum Gasteiger partial charge on any atom is 0.308 e. The molecule has 2 N–H and O–H groups in total. The highest BCUT2D eigenvalue weighted by atomic mass is 16.5. The average Bonchev–Trinajstić information content (AvgIpc) is 3.15. The van der Waals surface area contributed by atoms with E-state index in [1.54, 1.807) is 12.2 Å². The highest BCUT2D eigenvalue weighted by Crippen LogP contribution is 2.64. The molecule has 0 saturated heterocycles. The lowest BCUT2D eigenvalue weighted by Gasteiger charge is -2.52. The predicted octanol–water partition coefficient (Wildman–Crippen LogP) is 2.37. The third kappa shape index (κ3) is 4.54. The molecule has 4 aliphatic carbocycles. The first-order valence-corrected chi connectivity index (χ1v) is 12.4. The highest BCUT2D eigenvalue weighted by molar-refractivity contribution is 6.01. The first-order chi connectivity index (χ1) is 16.6. The number of hydrogen-bond acceptors (Lipinski definition) is 8. The minimum absolute atomic E-state index is 0.0433. The van der Waals surface area contributed by atoms with Crippen molar-refractivity contribution in [2.45, 2.75) is 64.9 Å². The fourth-order valence-electron chi connectivity index (χ4n) is 6.91. The van der Waals surface area contributed by atoms with Gasteiger partial charge in [0.25, 0.3) is 0 Å². The minimum Gasteiger partial charge on any atom is -0.458 e. The van der Waals surface area contributed by atoms with Crippen LogP contribution < -0.4 is 0 Å². The Morgan fingerprint density at radius 1 is 1.06 bits per heavy atom. The predicted molar refractivity (Wildman–Crippen MR) is 125 cm³/mol. The Hall–Kier alpha value is -2.58. The van der Waals surface area contributed by atoms with E-state index in [-0.39, 0.29) is 56.1 Å². The van der Waals surface area contributed by atoms with E-state index in [9.17, 15) is 24.3 Å². The monoisotopic (exact) mass is 486 g/mol. The second kappa shape index (κ2) is 9.82. The van der Waals surface area contributed by atoms with Gasteiger partial charge in [-0.15, -0.1) is 0 Å². The normalized spacial score (nSPS) is 33.4. The van der Waals surface area contributed by atoms with Crippen LogP contribution in [0.4, 0.5) is 0 Å². The van der Waals surface area contributed by atoms with Gasteiger partial charge in [-0.1, -0.05) is 24.1 Å². The smallest absolute Gasteiger partial charge is 0.308 e. The van der Waals surface area contributed by atoms with Crippen LogP contribution in [0.5, 0.6) is 0 Å². The number of ketones is 2. The number of carbonyl (C=O) groups is 4. The molecule has 0 radical (unpaired) electrons. The van der Waals surface area contributed by atoms with Gasteiger partial charge in [0, 0.05) is 11.3 Å². The number of aliphatic hydroxyl groups excluding tert-OH is 2. The second-order valence-corrected chi connectivity index (χ2v) is 10.5. The average molecular weight is 487 g/mol. The van der Waals surface area contributed by atoms with Crippen molar-refractivity contribution >= 4 is 23.5 Å². The third-order valence-corrected chi connectivity index (χ3v) is 8.51. The van der Waals surface area contributed by atoms with Crippen molar-refractivity contribution < 1.29 is 38.9 Å². The maximum atomic E-state index is 13.2. The van der Waals surface area contributed by atoms with E-state index in [1.165, 1.54) is 5.57 Å². The van der Waals surface area contributed by atoms with Gasteiger partial charge in [0.05, 0.1) is 26.1 Å². The van der Waals surface area contributed by atoms with Crippen LogP contribution in [0.2, 0.25) is 0 Å². The molecule has 0 spiro atoms. The largest absolute Gasteiger partial charge is 0.458 e. The van der Waals surface area contributed by atoms with Crippen molar-refractivity contribution in [3.8, 4) is 0 Å². The van der Waals surface area contributed by atoms with E-state index in [0.717, 1.165) is 30.4 Å². The summed E-state index contributed by atoms with van der Waals surface area (Å²) in [5.41, 5.74) is 2.21. The lowest BCUT2D eigenvalue weighted by molar-refractivity contribution is -0.154. The van der Waals surface area contributed by atoms with Crippen molar-refractivity contribution in [2.75, 3.05) is 19.8 Å². The van der Waals surface area contributed by atoms with E-state index in [4.69, 9.17) is 14.6 Å². The van der Waals surface area contributed by atoms with Crippen LogP contribution in [-0.2, 0) is 28.7 Å². The van der Waals surface area contributed by atoms with Gasteiger partial charge in [0.1, 0.15) is 12.7 Å². The molecule has 0 heterocycles. The zero-order valence-corrected chi connectivity index (χ0v) is 20.4. The van der Waals surface area contributed by atoms with E-state index in [1.807, 2.05) is 6.08 Å². The Balaban J connectivity index is 1.69. The minimum atomic E-state index is -0.608. The fraction of sp³-hybridized carbons (Fsp3) is 0.630. The molecule has 1 saturated carbocycles. The van der Waals surface area contributed by atoms with Gasteiger partial charge in [-0.2, -0.15) is 0 Å². The maximum absolute atomic E-state index is 13.2. The van der Waals surface area contributed by atoms with Gasteiger partial charge >= 0.3 is 11.9 Å². The zero-order valence-electron chi connectivity index (χ0n) is 20.4. The summed E-state index contributed by atoms with van der Waals surface area (Å²) in [5, 5.41) is 18.2. The van der Waals surface area contributed by atoms with Gasteiger partial charge in [-0.05, 0) is 68.1 Å². The molecule has 8 nitrogen and oxygen atoms in total. The molecular formula is C27H34O8. The number of allylic oxidation sites excluding steroid dienone is 5. The summed E-state index contributed by atoms with van der Waals surface area (Å²) in [4.78, 5) is 49.5. The Labute approximate surface area is 205 Å². The van der Waals surface area contributed by atoms with Gasteiger partial charge in [-0.25, -0.2) is 0 Å². The summed E-state index contributed by atoms with van der Waals surface area (Å²) >= 11 is 0. The topological polar surface area (TPSA) is 127 Å². The Bertz CT molecular complexity index is 1020. The Morgan fingerprint density at radius 3 is 2.49 bits per heavy atom. The first-order valence-electron chi connectivity index (χ1n) is 12.4. The van der Waals surface area contributed by atoms with Crippen LogP contribution >= 0.6 is 0 Å². The summed E-state index contributed by atoms with van der Waals surface area (Å²) in [6.45, 7) is 3.15. The lowest BCUT2D eigenvalue weighted by Crippen LogP contribution is -2.48. The number of rotatable bonds is 8. The van der Waals surface area contributed by atoms with Crippen LogP contribution in [0.3, 0.4) is 0 Å². The van der Waals surface area contributed by atoms with Crippen molar-refractivity contribution in [3.05, 3.63) is 34.9 Å². The number of aliphatic hydroxyl groups is 2. The molecule has 4 aliphatic rings. The van der Waals surface area contributed by atoms with Gasteiger partial charge < -0.3 is 19.7 Å². The molecule has 4 rings (SSSR count). The number of fused-ring (bicyclic) bond motifs is 4. The van der Waals surface area contributed by atoms with Crippen LogP contribution in [0.1, 0.15) is 58.8 Å². The molecule has 0 aromatic rings. The summed E-state index contributed by atoms with van der Waals surface area (Å²) in [7, 11) is 0. The molecular weight excluding hydrogens is 452 g/mol. The number of hydrogen-bond donors (Lipinski definition) is 2. The van der Waals surface area contributed by atoms with Gasteiger partial charge in [0.15, 0.2) is 11.6 Å². The molecule has 0 aliphatic heterocycles.